The lowest BCUT2D eigenvalue weighted by Gasteiger charge is -2.32. The maximum atomic E-state index is 12.5. The van der Waals surface area contributed by atoms with Crippen LogP contribution < -0.4 is 5.32 Å². The van der Waals surface area contributed by atoms with Gasteiger partial charge in [-0.05, 0) is 31.3 Å². The molecule has 0 atom stereocenters. The zero-order valence-corrected chi connectivity index (χ0v) is 12.7. The second-order valence-corrected chi connectivity index (χ2v) is 5.46. The predicted octanol–water partition coefficient (Wildman–Crippen LogP) is 1.67. The summed E-state index contributed by atoms with van der Waals surface area (Å²) in [7, 11) is 2.07. The molecule has 0 aliphatic carbocycles. The molecule has 0 aromatic carbocycles. The number of rotatable bonds is 4. The molecule has 0 bridgehead atoms. The highest BCUT2D eigenvalue weighted by atomic mass is 16.3. The molecular formula is C16H20N4O2. The Hall–Kier alpha value is -2.34. The van der Waals surface area contributed by atoms with Crippen LogP contribution in [0.3, 0.4) is 0 Å². The third kappa shape index (κ3) is 3.46. The van der Waals surface area contributed by atoms with E-state index in [9.17, 15) is 4.79 Å². The van der Waals surface area contributed by atoms with Gasteiger partial charge < -0.3 is 19.5 Å². The number of amides is 1. The first-order chi connectivity index (χ1) is 10.7. The molecule has 0 unspecified atom stereocenters. The van der Waals surface area contributed by atoms with Crippen molar-refractivity contribution in [3.8, 4) is 0 Å². The Morgan fingerprint density at radius 3 is 2.86 bits per heavy atom. The van der Waals surface area contributed by atoms with Gasteiger partial charge in [-0.3, -0.25) is 9.78 Å². The minimum atomic E-state index is -0.00486. The van der Waals surface area contributed by atoms with E-state index >= 15 is 0 Å². The fourth-order valence-electron chi connectivity index (χ4n) is 2.43. The molecule has 116 valence electrons. The van der Waals surface area contributed by atoms with E-state index in [1.165, 1.54) is 0 Å². The Morgan fingerprint density at radius 1 is 1.32 bits per heavy atom. The summed E-state index contributed by atoms with van der Waals surface area (Å²) in [6.45, 7) is 3.89. The summed E-state index contributed by atoms with van der Waals surface area (Å²) in [6, 6.07) is 7.41. The first kappa shape index (κ1) is 14.6. The molecule has 1 aliphatic rings. The van der Waals surface area contributed by atoms with E-state index in [-0.39, 0.29) is 5.91 Å². The minimum Gasteiger partial charge on any atom is -0.467 e. The summed E-state index contributed by atoms with van der Waals surface area (Å²) >= 11 is 0. The van der Waals surface area contributed by atoms with Crippen molar-refractivity contribution in [2.75, 3.05) is 38.5 Å². The molecule has 1 fully saturated rings. The Morgan fingerprint density at radius 2 is 2.14 bits per heavy atom. The monoisotopic (exact) mass is 300 g/mol. The molecule has 2 aromatic rings. The van der Waals surface area contributed by atoms with E-state index in [0.29, 0.717) is 12.2 Å². The van der Waals surface area contributed by atoms with Crippen LogP contribution in [-0.4, -0.2) is 53.9 Å². The molecular weight excluding hydrogens is 280 g/mol. The van der Waals surface area contributed by atoms with E-state index in [2.05, 4.69) is 22.2 Å². The van der Waals surface area contributed by atoms with Gasteiger partial charge in [0.25, 0.3) is 5.91 Å². The van der Waals surface area contributed by atoms with Crippen molar-refractivity contribution in [1.82, 2.24) is 14.8 Å². The quantitative estimate of drug-likeness (QED) is 0.931. The summed E-state index contributed by atoms with van der Waals surface area (Å²) in [6.07, 6.45) is 3.31. The molecule has 6 nitrogen and oxygen atoms in total. The van der Waals surface area contributed by atoms with Crippen molar-refractivity contribution in [1.29, 1.82) is 0 Å². The Bertz CT molecular complexity index is 619. The highest BCUT2D eigenvalue weighted by molar-refractivity contribution is 5.93. The minimum absolute atomic E-state index is 0.00486. The molecule has 0 spiro atoms. The van der Waals surface area contributed by atoms with Gasteiger partial charge >= 0.3 is 0 Å². The molecule has 2 aromatic heterocycles. The van der Waals surface area contributed by atoms with Gasteiger partial charge in [0, 0.05) is 38.1 Å². The zero-order chi connectivity index (χ0) is 15.4. The van der Waals surface area contributed by atoms with Crippen molar-refractivity contribution >= 4 is 11.6 Å². The third-order valence-electron chi connectivity index (χ3n) is 3.82. The van der Waals surface area contributed by atoms with E-state index in [4.69, 9.17) is 4.42 Å². The van der Waals surface area contributed by atoms with Crippen LogP contribution in [0.1, 0.15) is 16.2 Å². The van der Waals surface area contributed by atoms with Crippen molar-refractivity contribution < 1.29 is 9.21 Å². The maximum Gasteiger partial charge on any atom is 0.272 e. The molecule has 3 rings (SSSR count). The summed E-state index contributed by atoms with van der Waals surface area (Å²) in [5.74, 6) is 0.846. The predicted molar refractivity (Wildman–Crippen MR) is 83.7 cm³/mol. The van der Waals surface area contributed by atoms with Crippen LogP contribution in [0, 0.1) is 0 Å². The number of pyridine rings is 1. The number of nitrogens with one attached hydrogen (secondary N) is 1. The number of anilines is 1. The number of hydrogen-bond acceptors (Lipinski definition) is 5. The van der Waals surface area contributed by atoms with Crippen LogP contribution >= 0.6 is 0 Å². The normalized spacial score (nSPS) is 15.8. The second kappa shape index (κ2) is 6.62. The molecule has 1 N–H and O–H groups in total. The number of carbonyl (C=O) groups excluding carboxylic acids is 1. The molecule has 1 amide bonds. The lowest BCUT2D eigenvalue weighted by molar-refractivity contribution is 0.0658. The topological polar surface area (TPSA) is 61.6 Å². The number of hydrogen-bond donors (Lipinski definition) is 1. The number of carbonyl (C=O) groups is 1. The van der Waals surface area contributed by atoms with Gasteiger partial charge in [-0.15, -0.1) is 0 Å². The van der Waals surface area contributed by atoms with Crippen molar-refractivity contribution in [2.24, 2.45) is 0 Å². The molecule has 1 saturated heterocycles. The highest BCUT2D eigenvalue weighted by Gasteiger charge is 2.21. The highest BCUT2D eigenvalue weighted by Crippen LogP contribution is 2.13. The smallest absolute Gasteiger partial charge is 0.272 e. The number of likely N-dealkylation sites (N-methyl/N-ethyl adjacent to an activating group) is 1. The third-order valence-corrected chi connectivity index (χ3v) is 3.82. The van der Waals surface area contributed by atoms with Gasteiger partial charge in [-0.25, -0.2) is 0 Å². The Balaban J connectivity index is 1.64. The molecule has 0 saturated carbocycles. The van der Waals surface area contributed by atoms with Crippen molar-refractivity contribution in [3.05, 3.63) is 48.2 Å². The molecule has 1 aliphatic heterocycles. The van der Waals surface area contributed by atoms with Crippen molar-refractivity contribution in [3.63, 3.8) is 0 Å². The first-order valence-electron chi connectivity index (χ1n) is 7.42. The average molecular weight is 300 g/mol. The molecule has 3 heterocycles. The largest absolute Gasteiger partial charge is 0.467 e. The van der Waals surface area contributed by atoms with E-state index in [1.54, 1.807) is 18.5 Å². The SMILES string of the molecule is CN1CCN(C(=O)c2cc(NCc3ccco3)ccn2)CC1. The van der Waals surface area contributed by atoms with Crippen LogP contribution in [0.2, 0.25) is 0 Å². The summed E-state index contributed by atoms with van der Waals surface area (Å²) in [5, 5.41) is 3.24. The lowest BCUT2D eigenvalue weighted by atomic mass is 10.2. The number of nitrogens with zero attached hydrogens (tertiary/aromatic N) is 3. The zero-order valence-electron chi connectivity index (χ0n) is 12.7. The van der Waals surface area contributed by atoms with Crippen LogP contribution in [0.25, 0.3) is 0 Å². The summed E-state index contributed by atoms with van der Waals surface area (Å²) in [4.78, 5) is 20.8. The van der Waals surface area contributed by atoms with Crippen molar-refractivity contribution in [2.45, 2.75) is 6.54 Å². The fraction of sp³-hybridized carbons (Fsp3) is 0.375. The van der Waals surface area contributed by atoms with E-state index in [0.717, 1.165) is 37.6 Å². The number of piperazine rings is 1. The van der Waals surface area contributed by atoms with Gasteiger partial charge in [0.05, 0.1) is 12.8 Å². The van der Waals surface area contributed by atoms with Crippen LogP contribution in [0.5, 0.6) is 0 Å². The summed E-state index contributed by atoms with van der Waals surface area (Å²) < 4.78 is 5.28. The van der Waals surface area contributed by atoms with Gasteiger partial charge in [0.15, 0.2) is 0 Å². The van der Waals surface area contributed by atoms with Gasteiger partial charge in [-0.1, -0.05) is 0 Å². The average Bonchev–Trinajstić information content (AvgIpc) is 3.07. The van der Waals surface area contributed by atoms with Crippen LogP contribution in [-0.2, 0) is 6.54 Å². The molecule has 6 heteroatoms. The number of furan rings is 1. The standard InChI is InChI=1S/C16H20N4O2/c1-19-6-8-20(9-7-19)16(21)15-11-13(4-5-17-15)18-12-14-3-2-10-22-14/h2-5,10-11H,6-9,12H2,1H3,(H,17,18). The van der Waals surface area contributed by atoms with E-state index < -0.39 is 0 Å². The first-order valence-corrected chi connectivity index (χ1v) is 7.42. The van der Waals surface area contributed by atoms with Crippen LogP contribution in [0.4, 0.5) is 5.69 Å². The number of aromatic nitrogens is 1. The van der Waals surface area contributed by atoms with Gasteiger partial charge in [-0.2, -0.15) is 0 Å². The maximum absolute atomic E-state index is 12.5. The Labute approximate surface area is 129 Å². The summed E-state index contributed by atoms with van der Waals surface area (Å²) in [5.41, 5.74) is 1.35. The Kier molecular flexibility index (Phi) is 4.39. The van der Waals surface area contributed by atoms with Gasteiger partial charge in [0.1, 0.15) is 11.5 Å². The lowest BCUT2D eigenvalue weighted by Crippen LogP contribution is -2.47. The second-order valence-electron chi connectivity index (χ2n) is 5.46. The van der Waals surface area contributed by atoms with Gasteiger partial charge in [0.2, 0.25) is 0 Å². The molecule has 0 radical (unpaired) electrons. The fourth-order valence-corrected chi connectivity index (χ4v) is 2.43. The van der Waals surface area contributed by atoms with E-state index in [1.807, 2.05) is 23.1 Å². The van der Waals surface area contributed by atoms with Crippen LogP contribution in [0.15, 0.2) is 41.1 Å². The molecule has 22 heavy (non-hydrogen) atoms.